The zero-order valence-electron chi connectivity index (χ0n) is 15.5. The molecule has 1 fully saturated rings. The number of piperidine rings is 1. The van der Waals surface area contributed by atoms with Crippen LogP contribution in [-0.2, 0) is 6.42 Å². The molecule has 0 amide bonds. The van der Waals surface area contributed by atoms with E-state index in [0.29, 0.717) is 5.92 Å². The third kappa shape index (κ3) is 4.76. The lowest BCUT2D eigenvalue weighted by Crippen LogP contribution is -2.36. The monoisotopic (exact) mass is 338 g/mol. The largest absolute Gasteiger partial charge is 0.496 e. The molecule has 0 aliphatic carbocycles. The van der Waals surface area contributed by atoms with Crippen LogP contribution in [0.1, 0.15) is 36.8 Å². The van der Waals surface area contributed by atoms with Crippen LogP contribution in [0.15, 0.2) is 48.5 Å². The summed E-state index contributed by atoms with van der Waals surface area (Å²) < 4.78 is 5.53. The fraction of sp³-hybridized carbons (Fsp3) is 0.455. The zero-order chi connectivity index (χ0) is 17.5. The number of nitrogens with zero attached hydrogens (tertiary/aromatic N) is 1. The van der Waals surface area contributed by atoms with E-state index in [9.17, 15) is 0 Å². The van der Waals surface area contributed by atoms with Gasteiger partial charge in [0.25, 0.3) is 0 Å². The van der Waals surface area contributed by atoms with Crippen LogP contribution in [0.3, 0.4) is 0 Å². The van der Waals surface area contributed by atoms with E-state index in [1.807, 2.05) is 0 Å². The van der Waals surface area contributed by atoms with Gasteiger partial charge in [-0.25, -0.2) is 0 Å². The van der Waals surface area contributed by atoms with E-state index in [1.54, 1.807) is 7.11 Å². The summed E-state index contributed by atoms with van der Waals surface area (Å²) in [7, 11) is 1.77. The summed E-state index contributed by atoms with van der Waals surface area (Å²) in [5.41, 5.74) is 4.00. The van der Waals surface area contributed by atoms with Gasteiger partial charge in [-0.05, 0) is 67.6 Å². The maximum absolute atomic E-state index is 5.53. The smallest absolute Gasteiger partial charge is 0.122 e. The topological polar surface area (TPSA) is 24.5 Å². The first-order valence-corrected chi connectivity index (χ1v) is 9.48. The minimum absolute atomic E-state index is 0.626. The van der Waals surface area contributed by atoms with Gasteiger partial charge < -0.3 is 15.0 Å². The van der Waals surface area contributed by atoms with Gasteiger partial charge >= 0.3 is 0 Å². The van der Waals surface area contributed by atoms with Gasteiger partial charge in [-0.1, -0.05) is 37.3 Å². The SMILES string of the molecule is CCc1cccc(NCCN2CCC(c3ccccc3OC)CC2)c1. The number of methoxy groups -OCH3 is 1. The van der Waals surface area contributed by atoms with Gasteiger partial charge in [0.2, 0.25) is 0 Å². The van der Waals surface area contributed by atoms with Gasteiger partial charge in [-0.2, -0.15) is 0 Å². The van der Waals surface area contributed by atoms with Crippen molar-refractivity contribution in [1.82, 2.24) is 4.90 Å². The van der Waals surface area contributed by atoms with E-state index in [0.717, 1.165) is 25.3 Å². The summed E-state index contributed by atoms with van der Waals surface area (Å²) in [6.07, 6.45) is 3.52. The van der Waals surface area contributed by atoms with Crippen molar-refractivity contribution < 1.29 is 4.74 Å². The van der Waals surface area contributed by atoms with E-state index in [1.165, 1.54) is 42.7 Å². The second-order valence-corrected chi connectivity index (χ2v) is 6.84. The molecule has 1 aliphatic heterocycles. The highest BCUT2D eigenvalue weighted by molar-refractivity contribution is 5.45. The van der Waals surface area contributed by atoms with Crippen LogP contribution in [0, 0.1) is 0 Å². The summed E-state index contributed by atoms with van der Waals surface area (Å²) in [6.45, 7) is 6.64. The Morgan fingerprint density at radius 2 is 1.88 bits per heavy atom. The van der Waals surface area contributed by atoms with Crippen LogP contribution in [-0.4, -0.2) is 38.2 Å². The number of ether oxygens (including phenoxy) is 1. The minimum Gasteiger partial charge on any atom is -0.496 e. The molecule has 134 valence electrons. The lowest BCUT2D eigenvalue weighted by atomic mass is 9.89. The molecular formula is C22H30N2O. The Bertz CT molecular complexity index is 663. The van der Waals surface area contributed by atoms with Crippen LogP contribution in [0.4, 0.5) is 5.69 Å². The molecule has 1 aliphatic rings. The molecule has 0 bridgehead atoms. The molecule has 0 spiro atoms. The first kappa shape index (κ1) is 17.8. The summed E-state index contributed by atoms with van der Waals surface area (Å²) in [4.78, 5) is 2.57. The van der Waals surface area contributed by atoms with Crippen molar-refractivity contribution in [2.45, 2.75) is 32.1 Å². The van der Waals surface area contributed by atoms with Gasteiger partial charge in [-0.3, -0.25) is 0 Å². The number of hydrogen-bond donors (Lipinski definition) is 1. The first-order valence-electron chi connectivity index (χ1n) is 9.48. The number of likely N-dealkylation sites (tertiary alicyclic amines) is 1. The quantitative estimate of drug-likeness (QED) is 0.801. The Labute approximate surface area is 152 Å². The number of anilines is 1. The van der Waals surface area contributed by atoms with Gasteiger partial charge in [0.15, 0.2) is 0 Å². The normalized spacial score (nSPS) is 15.9. The highest BCUT2D eigenvalue weighted by Gasteiger charge is 2.22. The second kappa shape index (κ2) is 8.91. The molecule has 3 nitrogen and oxygen atoms in total. The molecule has 2 aromatic rings. The molecule has 1 saturated heterocycles. The summed E-state index contributed by atoms with van der Waals surface area (Å²) >= 11 is 0. The molecule has 1 N–H and O–H groups in total. The number of hydrogen-bond acceptors (Lipinski definition) is 3. The molecule has 3 heteroatoms. The Kier molecular flexibility index (Phi) is 6.35. The maximum atomic E-state index is 5.53. The van der Waals surface area contributed by atoms with E-state index in [-0.39, 0.29) is 0 Å². The number of nitrogens with one attached hydrogen (secondary N) is 1. The van der Waals surface area contributed by atoms with Crippen molar-refractivity contribution >= 4 is 5.69 Å². The highest BCUT2D eigenvalue weighted by atomic mass is 16.5. The summed E-state index contributed by atoms with van der Waals surface area (Å²) in [6, 6.07) is 17.2. The molecule has 2 aromatic carbocycles. The van der Waals surface area contributed by atoms with Gasteiger partial charge in [0.1, 0.15) is 5.75 Å². The summed E-state index contributed by atoms with van der Waals surface area (Å²) in [5.74, 6) is 1.67. The molecular weight excluding hydrogens is 308 g/mol. The lowest BCUT2D eigenvalue weighted by Gasteiger charge is -2.32. The standard InChI is InChI=1S/C22H30N2O/c1-3-18-7-6-8-20(17-18)23-13-16-24-14-11-19(12-15-24)21-9-4-5-10-22(21)25-2/h4-10,17,19,23H,3,11-16H2,1-2H3. The van der Waals surface area contributed by atoms with Crippen LogP contribution >= 0.6 is 0 Å². The Balaban J connectivity index is 1.45. The van der Waals surface area contributed by atoms with Crippen molar-refractivity contribution in [2.24, 2.45) is 0 Å². The Morgan fingerprint density at radius 3 is 2.64 bits per heavy atom. The summed E-state index contributed by atoms with van der Waals surface area (Å²) in [5, 5.41) is 3.57. The number of para-hydroxylation sites is 1. The number of aryl methyl sites for hydroxylation is 1. The zero-order valence-corrected chi connectivity index (χ0v) is 15.5. The van der Waals surface area contributed by atoms with Crippen LogP contribution in [0.5, 0.6) is 5.75 Å². The first-order chi connectivity index (χ1) is 12.3. The lowest BCUT2D eigenvalue weighted by molar-refractivity contribution is 0.218. The van der Waals surface area contributed by atoms with Crippen molar-refractivity contribution in [1.29, 1.82) is 0 Å². The predicted molar refractivity (Wildman–Crippen MR) is 106 cm³/mol. The van der Waals surface area contributed by atoms with Gasteiger partial charge in [0, 0.05) is 18.8 Å². The van der Waals surface area contributed by atoms with E-state index >= 15 is 0 Å². The fourth-order valence-corrected chi connectivity index (χ4v) is 3.73. The maximum Gasteiger partial charge on any atom is 0.122 e. The molecule has 3 rings (SSSR count). The third-order valence-electron chi connectivity index (χ3n) is 5.26. The van der Waals surface area contributed by atoms with E-state index in [4.69, 9.17) is 4.74 Å². The molecule has 0 unspecified atom stereocenters. The molecule has 0 saturated carbocycles. The van der Waals surface area contributed by atoms with Crippen molar-refractivity contribution in [2.75, 3.05) is 38.6 Å². The predicted octanol–water partition coefficient (Wildman–Crippen LogP) is 4.55. The molecule has 0 radical (unpaired) electrons. The fourth-order valence-electron chi connectivity index (χ4n) is 3.73. The van der Waals surface area contributed by atoms with E-state index < -0.39 is 0 Å². The second-order valence-electron chi connectivity index (χ2n) is 6.84. The average Bonchev–Trinajstić information content (AvgIpc) is 2.68. The average molecular weight is 338 g/mol. The van der Waals surface area contributed by atoms with Crippen LogP contribution < -0.4 is 10.1 Å². The molecule has 0 aromatic heterocycles. The van der Waals surface area contributed by atoms with Crippen LogP contribution in [0.2, 0.25) is 0 Å². The van der Waals surface area contributed by atoms with Crippen molar-refractivity contribution in [3.05, 3.63) is 59.7 Å². The van der Waals surface area contributed by atoms with E-state index in [2.05, 4.69) is 65.7 Å². The number of rotatable bonds is 7. The van der Waals surface area contributed by atoms with Crippen molar-refractivity contribution in [3.63, 3.8) is 0 Å². The van der Waals surface area contributed by atoms with Gasteiger partial charge in [0.05, 0.1) is 7.11 Å². The Morgan fingerprint density at radius 1 is 1.08 bits per heavy atom. The minimum atomic E-state index is 0.626. The van der Waals surface area contributed by atoms with Gasteiger partial charge in [-0.15, -0.1) is 0 Å². The third-order valence-corrected chi connectivity index (χ3v) is 5.26. The molecule has 0 atom stereocenters. The molecule has 25 heavy (non-hydrogen) atoms. The highest BCUT2D eigenvalue weighted by Crippen LogP contribution is 2.33. The van der Waals surface area contributed by atoms with Crippen LogP contribution in [0.25, 0.3) is 0 Å². The molecule has 1 heterocycles. The number of benzene rings is 2. The van der Waals surface area contributed by atoms with Crippen molar-refractivity contribution in [3.8, 4) is 5.75 Å². The Hall–Kier alpha value is -2.00.